The van der Waals surface area contributed by atoms with Crippen LogP contribution in [-0.4, -0.2) is 21.9 Å². The third kappa shape index (κ3) is 3.91. The molecule has 1 aliphatic carbocycles. The first-order chi connectivity index (χ1) is 10.0. The first-order valence-corrected chi connectivity index (χ1v) is 7.49. The molecule has 1 amide bonds. The second-order valence-electron chi connectivity index (χ2n) is 5.39. The Bertz CT molecular complexity index is 550. The van der Waals surface area contributed by atoms with Crippen LogP contribution in [0.1, 0.15) is 49.4 Å². The van der Waals surface area contributed by atoms with Crippen molar-refractivity contribution in [3.63, 3.8) is 0 Å². The molecule has 2 atom stereocenters. The highest BCUT2D eigenvalue weighted by atomic mass is 35.5. The van der Waals surface area contributed by atoms with Gasteiger partial charge in [0.25, 0.3) is 11.6 Å². The quantitative estimate of drug-likeness (QED) is 0.525. The summed E-state index contributed by atoms with van der Waals surface area (Å²) in [5.41, 5.74) is -0.349. The van der Waals surface area contributed by atoms with Crippen LogP contribution in [0.2, 0.25) is 5.15 Å². The van der Waals surface area contributed by atoms with Gasteiger partial charge in [0, 0.05) is 6.04 Å². The Hall–Kier alpha value is -1.69. The van der Waals surface area contributed by atoms with Crippen LogP contribution >= 0.6 is 11.6 Å². The van der Waals surface area contributed by atoms with Crippen LogP contribution in [0.3, 0.4) is 0 Å². The Kier molecular flexibility index (Phi) is 5.12. The molecule has 1 N–H and O–H groups in total. The molecular weight excluding hydrogens is 294 g/mol. The first-order valence-electron chi connectivity index (χ1n) is 7.12. The fraction of sp³-hybridized carbons (Fsp3) is 0.571. The lowest BCUT2D eigenvalue weighted by molar-refractivity contribution is -0.385. The number of aromatic nitrogens is 1. The van der Waals surface area contributed by atoms with Crippen LogP contribution in [0, 0.1) is 16.0 Å². The average Bonchev–Trinajstić information content (AvgIpc) is 2.47. The molecule has 0 radical (unpaired) electrons. The maximum absolute atomic E-state index is 12.3. The maximum atomic E-state index is 12.3. The van der Waals surface area contributed by atoms with Gasteiger partial charge in [-0.1, -0.05) is 37.8 Å². The smallest absolute Gasteiger partial charge is 0.300 e. The number of carbonyl (C=O) groups is 1. The minimum Gasteiger partial charge on any atom is -0.349 e. The third-order valence-electron chi connectivity index (χ3n) is 3.99. The Morgan fingerprint density at radius 2 is 2.33 bits per heavy atom. The topological polar surface area (TPSA) is 85.1 Å². The maximum Gasteiger partial charge on any atom is 0.300 e. The molecule has 2 unspecified atom stereocenters. The molecule has 2 rings (SSSR count). The van der Waals surface area contributed by atoms with E-state index in [1.54, 1.807) is 0 Å². The van der Waals surface area contributed by atoms with E-state index in [9.17, 15) is 14.9 Å². The number of halogens is 1. The molecule has 114 valence electrons. The van der Waals surface area contributed by atoms with E-state index in [1.807, 2.05) is 0 Å². The standard InChI is InChI=1S/C14H18ClN3O3/c1-2-9-4-3-5-10(6-9)17-14(19)11-7-13(15)16-8-12(11)18(20)21/h7-10H,2-6H2,1H3,(H,17,19). The summed E-state index contributed by atoms with van der Waals surface area (Å²) in [6.07, 6.45) is 6.21. The largest absolute Gasteiger partial charge is 0.349 e. The zero-order chi connectivity index (χ0) is 15.4. The fourth-order valence-electron chi connectivity index (χ4n) is 2.81. The highest BCUT2D eigenvalue weighted by Gasteiger charge is 2.26. The van der Waals surface area contributed by atoms with Crippen LogP contribution in [0.4, 0.5) is 5.69 Å². The monoisotopic (exact) mass is 311 g/mol. The van der Waals surface area contributed by atoms with Crippen LogP contribution in [0.15, 0.2) is 12.3 Å². The summed E-state index contributed by atoms with van der Waals surface area (Å²) in [5, 5.41) is 13.9. The third-order valence-corrected chi connectivity index (χ3v) is 4.19. The lowest BCUT2D eigenvalue weighted by atomic mass is 9.84. The SMILES string of the molecule is CCC1CCCC(NC(=O)c2cc(Cl)ncc2[N+](=O)[O-])C1. The molecule has 7 heteroatoms. The first kappa shape index (κ1) is 15.7. The van der Waals surface area contributed by atoms with Crippen LogP contribution in [0.25, 0.3) is 0 Å². The zero-order valence-electron chi connectivity index (χ0n) is 11.8. The van der Waals surface area contributed by atoms with Gasteiger partial charge in [-0.05, 0) is 24.8 Å². The number of rotatable bonds is 4. The lowest BCUT2D eigenvalue weighted by Crippen LogP contribution is -2.38. The minimum atomic E-state index is -0.617. The number of pyridine rings is 1. The minimum absolute atomic E-state index is 0.0291. The van der Waals surface area contributed by atoms with Crippen molar-refractivity contribution in [1.29, 1.82) is 0 Å². The van der Waals surface area contributed by atoms with Gasteiger partial charge in [0.2, 0.25) is 0 Å². The van der Waals surface area contributed by atoms with Gasteiger partial charge in [-0.2, -0.15) is 0 Å². The Balaban J connectivity index is 2.13. The molecule has 0 aliphatic heterocycles. The van der Waals surface area contributed by atoms with E-state index in [0.29, 0.717) is 5.92 Å². The van der Waals surface area contributed by atoms with Crippen LogP contribution in [0.5, 0.6) is 0 Å². The van der Waals surface area contributed by atoms with Gasteiger partial charge in [0.15, 0.2) is 0 Å². The van der Waals surface area contributed by atoms with E-state index in [4.69, 9.17) is 11.6 Å². The van der Waals surface area contributed by atoms with Gasteiger partial charge < -0.3 is 5.32 Å². The highest BCUT2D eigenvalue weighted by molar-refractivity contribution is 6.29. The number of hydrogen-bond donors (Lipinski definition) is 1. The average molecular weight is 312 g/mol. The number of nitro groups is 1. The number of nitrogens with one attached hydrogen (secondary N) is 1. The summed E-state index contributed by atoms with van der Waals surface area (Å²) in [6, 6.07) is 1.32. The molecule has 0 saturated heterocycles. The van der Waals surface area contributed by atoms with Crippen molar-refractivity contribution in [2.24, 2.45) is 5.92 Å². The fourth-order valence-corrected chi connectivity index (χ4v) is 2.96. The van der Waals surface area contributed by atoms with E-state index in [1.165, 1.54) is 12.5 Å². The summed E-state index contributed by atoms with van der Waals surface area (Å²) in [7, 11) is 0. The molecular formula is C14H18ClN3O3. The molecule has 1 aromatic rings. The Morgan fingerprint density at radius 1 is 1.57 bits per heavy atom. The van der Waals surface area contributed by atoms with Crippen molar-refractivity contribution in [3.8, 4) is 0 Å². The van der Waals surface area contributed by atoms with Crippen LogP contribution in [-0.2, 0) is 0 Å². The van der Waals surface area contributed by atoms with Crippen molar-refractivity contribution < 1.29 is 9.72 Å². The number of hydrogen-bond acceptors (Lipinski definition) is 4. The normalized spacial score (nSPS) is 21.8. The molecule has 1 aromatic heterocycles. The van der Waals surface area contributed by atoms with Gasteiger partial charge in [-0.25, -0.2) is 4.98 Å². The predicted molar refractivity (Wildman–Crippen MR) is 79.4 cm³/mol. The molecule has 6 nitrogen and oxygen atoms in total. The second-order valence-corrected chi connectivity index (χ2v) is 5.78. The summed E-state index contributed by atoms with van der Waals surface area (Å²) in [4.78, 5) is 26.3. The van der Waals surface area contributed by atoms with Gasteiger partial charge in [-0.3, -0.25) is 14.9 Å². The molecule has 1 saturated carbocycles. The van der Waals surface area contributed by atoms with E-state index in [0.717, 1.165) is 31.9 Å². The molecule has 0 bridgehead atoms. The van der Waals surface area contributed by atoms with Crippen molar-refractivity contribution in [1.82, 2.24) is 10.3 Å². The van der Waals surface area contributed by atoms with Crippen molar-refractivity contribution >= 4 is 23.2 Å². The molecule has 0 spiro atoms. The Morgan fingerprint density at radius 3 is 3.00 bits per heavy atom. The summed E-state index contributed by atoms with van der Waals surface area (Å²) >= 11 is 5.74. The lowest BCUT2D eigenvalue weighted by Gasteiger charge is -2.29. The van der Waals surface area contributed by atoms with E-state index in [2.05, 4.69) is 17.2 Å². The number of amides is 1. The predicted octanol–water partition coefficient (Wildman–Crippen LogP) is 3.34. The van der Waals surface area contributed by atoms with E-state index in [-0.39, 0.29) is 22.4 Å². The second kappa shape index (κ2) is 6.85. The van der Waals surface area contributed by atoms with Gasteiger partial charge in [0.05, 0.1) is 4.92 Å². The molecule has 21 heavy (non-hydrogen) atoms. The van der Waals surface area contributed by atoms with Crippen molar-refractivity contribution in [2.45, 2.75) is 45.1 Å². The van der Waals surface area contributed by atoms with Crippen molar-refractivity contribution in [2.75, 3.05) is 0 Å². The number of nitrogens with zero attached hydrogens (tertiary/aromatic N) is 2. The summed E-state index contributed by atoms with van der Waals surface area (Å²) in [6.45, 7) is 2.14. The summed E-state index contributed by atoms with van der Waals surface area (Å²) < 4.78 is 0. The van der Waals surface area contributed by atoms with Gasteiger partial charge >= 0.3 is 0 Å². The van der Waals surface area contributed by atoms with E-state index >= 15 is 0 Å². The highest BCUT2D eigenvalue weighted by Crippen LogP contribution is 2.27. The summed E-state index contributed by atoms with van der Waals surface area (Å²) in [5.74, 6) is 0.160. The van der Waals surface area contributed by atoms with Crippen LogP contribution < -0.4 is 5.32 Å². The van der Waals surface area contributed by atoms with E-state index < -0.39 is 10.8 Å². The Labute approximate surface area is 128 Å². The van der Waals surface area contributed by atoms with Gasteiger partial charge in [-0.15, -0.1) is 0 Å². The van der Waals surface area contributed by atoms with Gasteiger partial charge in [0.1, 0.15) is 16.9 Å². The molecule has 1 fully saturated rings. The van der Waals surface area contributed by atoms with Crippen molar-refractivity contribution in [3.05, 3.63) is 33.1 Å². The molecule has 0 aromatic carbocycles. The number of carbonyl (C=O) groups excluding carboxylic acids is 1. The molecule has 1 aliphatic rings. The molecule has 1 heterocycles. The zero-order valence-corrected chi connectivity index (χ0v) is 12.6.